The lowest BCUT2D eigenvalue weighted by Crippen LogP contribution is -2.30. The van der Waals surface area contributed by atoms with Crippen LogP contribution >= 0.6 is 0 Å². The van der Waals surface area contributed by atoms with E-state index in [0.29, 0.717) is 0 Å². The zero-order chi connectivity index (χ0) is 15.6. The molecule has 2 aromatic rings. The fraction of sp³-hybridized carbons (Fsp3) is 0.294. The van der Waals surface area contributed by atoms with E-state index in [1.807, 2.05) is 32.9 Å². The number of ether oxygens (including phenoxy) is 1. The normalized spacial score (nSPS) is 12.3. The van der Waals surface area contributed by atoms with E-state index in [1.165, 1.54) is 12.1 Å². The molecule has 0 bridgehead atoms. The molecule has 0 radical (unpaired) electrons. The standard InChI is InChI=1S/C17H21FN2O/c1-10-6-8-14(17(21-4)12(10)3)16(20-19)15-9-13(18)7-5-11(15)2/h5-9,16,20H,19H2,1-4H3. The number of hydrogen-bond donors (Lipinski definition) is 2. The van der Waals surface area contributed by atoms with Crippen LogP contribution in [0.5, 0.6) is 5.75 Å². The number of hydrazine groups is 1. The van der Waals surface area contributed by atoms with Gasteiger partial charge in [-0.1, -0.05) is 18.2 Å². The quantitative estimate of drug-likeness (QED) is 0.670. The van der Waals surface area contributed by atoms with Crippen LogP contribution in [0.1, 0.15) is 33.9 Å². The minimum atomic E-state index is -0.324. The molecule has 3 N–H and O–H groups in total. The molecule has 0 spiro atoms. The van der Waals surface area contributed by atoms with Gasteiger partial charge in [0.05, 0.1) is 13.2 Å². The minimum Gasteiger partial charge on any atom is -0.496 e. The van der Waals surface area contributed by atoms with Crippen molar-refractivity contribution in [2.75, 3.05) is 7.11 Å². The Hall–Kier alpha value is -1.91. The van der Waals surface area contributed by atoms with Crippen molar-refractivity contribution in [2.45, 2.75) is 26.8 Å². The van der Waals surface area contributed by atoms with E-state index in [1.54, 1.807) is 13.2 Å². The first kappa shape index (κ1) is 15.5. The second kappa shape index (κ2) is 6.24. The highest BCUT2D eigenvalue weighted by Gasteiger charge is 2.21. The molecular weight excluding hydrogens is 267 g/mol. The average Bonchev–Trinajstić information content (AvgIpc) is 2.47. The zero-order valence-electron chi connectivity index (χ0n) is 12.8. The largest absolute Gasteiger partial charge is 0.496 e. The summed E-state index contributed by atoms with van der Waals surface area (Å²) in [7, 11) is 1.64. The first-order valence-electron chi connectivity index (χ1n) is 6.85. The van der Waals surface area contributed by atoms with Crippen molar-refractivity contribution < 1.29 is 9.13 Å². The maximum Gasteiger partial charge on any atom is 0.127 e. The fourth-order valence-corrected chi connectivity index (χ4v) is 2.58. The molecule has 2 aromatic carbocycles. The molecule has 1 atom stereocenters. The number of halogens is 1. The SMILES string of the molecule is COc1c(C(NN)c2cc(F)ccc2C)ccc(C)c1C. The van der Waals surface area contributed by atoms with E-state index in [0.717, 1.165) is 33.6 Å². The highest BCUT2D eigenvalue weighted by molar-refractivity contribution is 5.50. The minimum absolute atomic E-state index is 0.279. The number of aryl methyl sites for hydroxylation is 2. The third kappa shape index (κ3) is 2.91. The maximum absolute atomic E-state index is 13.6. The summed E-state index contributed by atoms with van der Waals surface area (Å²) in [6, 6.07) is 8.37. The lowest BCUT2D eigenvalue weighted by Gasteiger charge is -2.23. The van der Waals surface area contributed by atoms with Gasteiger partial charge >= 0.3 is 0 Å². The second-order valence-electron chi connectivity index (χ2n) is 5.23. The molecule has 21 heavy (non-hydrogen) atoms. The molecule has 0 amide bonds. The van der Waals surface area contributed by atoms with Crippen LogP contribution in [0.4, 0.5) is 4.39 Å². The van der Waals surface area contributed by atoms with E-state index in [-0.39, 0.29) is 11.9 Å². The van der Waals surface area contributed by atoms with E-state index in [2.05, 4.69) is 5.43 Å². The Bertz CT molecular complexity index is 655. The summed E-state index contributed by atoms with van der Waals surface area (Å²) in [5.41, 5.74) is 7.65. The van der Waals surface area contributed by atoms with Gasteiger partial charge in [0.1, 0.15) is 11.6 Å². The lowest BCUT2D eigenvalue weighted by atomic mass is 9.92. The third-order valence-corrected chi connectivity index (χ3v) is 3.94. The fourth-order valence-electron chi connectivity index (χ4n) is 2.58. The van der Waals surface area contributed by atoms with Gasteiger partial charge in [0.2, 0.25) is 0 Å². The molecule has 0 aliphatic heterocycles. The van der Waals surface area contributed by atoms with Crippen LogP contribution in [0.15, 0.2) is 30.3 Å². The van der Waals surface area contributed by atoms with Crippen molar-refractivity contribution in [3.8, 4) is 5.75 Å². The lowest BCUT2D eigenvalue weighted by molar-refractivity contribution is 0.400. The summed E-state index contributed by atoms with van der Waals surface area (Å²) in [4.78, 5) is 0. The van der Waals surface area contributed by atoms with Gasteiger partial charge in [-0.3, -0.25) is 5.84 Å². The highest BCUT2D eigenvalue weighted by atomic mass is 19.1. The molecule has 0 aliphatic rings. The van der Waals surface area contributed by atoms with Crippen LogP contribution in [0.3, 0.4) is 0 Å². The predicted octanol–water partition coefficient (Wildman–Crippen LogP) is 3.31. The van der Waals surface area contributed by atoms with Crippen LogP contribution in [0.2, 0.25) is 0 Å². The molecule has 0 saturated carbocycles. The summed E-state index contributed by atoms with van der Waals surface area (Å²) in [5.74, 6) is 6.24. The van der Waals surface area contributed by atoms with E-state index in [4.69, 9.17) is 10.6 Å². The smallest absolute Gasteiger partial charge is 0.127 e. The number of nitrogens with one attached hydrogen (secondary N) is 1. The molecule has 0 aromatic heterocycles. The first-order chi connectivity index (χ1) is 9.99. The molecule has 0 aliphatic carbocycles. The Morgan fingerprint density at radius 2 is 1.71 bits per heavy atom. The Morgan fingerprint density at radius 1 is 1.05 bits per heavy atom. The Balaban J connectivity index is 2.62. The Kier molecular flexibility index (Phi) is 4.60. The zero-order valence-corrected chi connectivity index (χ0v) is 12.8. The van der Waals surface area contributed by atoms with Gasteiger partial charge in [0.15, 0.2) is 0 Å². The first-order valence-corrected chi connectivity index (χ1v) is 6.85. The molecule has 0 saturated heterocycles. The van der Waals surface area contributed by atoms with Crippen molar-refractivity contribution in [1.82, 2.24) is 5.43 Å². The van der Waals surface area contributed by atoms with Gasteiger partial charge < -0.3 is 4.74 Å². The monoisotopic (exact) mass is 288 g/mol. The van der Waals surface area contributed by atoms with Gasteiger partial charge in [-0.15, -0.1) is 0 Å². The van der Waals surface area contributed by atoms with Crippen LogP contribution < -0.4 is 16.0 Å². The van der Waals surface area contributed by atoms with Gasteiger partial charge in [0.25, 0.3) is 0 Å². The number of benzene rings is 2. The second-order valence-corrected chi connectivity index (χ2v) is 5.23. The molecule has 2 rings (SSSR count). The summed E-state index contributed by atoms with van der Waals surface area (Å²) in [5, 5.41) is 0. The van der Waals surface area contributed by atoms with Crippen LogP contribution in [-0.2, 0) is 0 Å². The molecular formula is C17H21FN2O. The van der Waals surface area contributed by atoms with Crippen molar-refractivity contribution in [2.24, 2.45) is 5.84 Å². The molecule has 0 fully saturated rings. The summed E-state index contributed by atoms with van der Waals surface area (Å²) in [6.07, 6.45) is 0. The van der Waals surface area contributed by atoms with Gasteiger partial charge in [-0.2, -0.15) is 0 Å². The Morgan fingerprint density at radius 3 is 2.33 bits per heavy atom. The molecule has 4 heteroatoms. The highest BCUT2D eigenvalue weighted by Crippen LogP contribution is 2.35. The van der Waals surface area contributed by atoms with E-state index >= 15 is 0 Å². The van der Waals surface area contributed by atoms with Crippen molar-refractivity contribution in [3.63, 3.8) is 0 Å². The number of methoxy groups -OCH3 is 1. The summed E-state index contributed by atoms with van der Waals surface area (Å²) >= 11 is 0. The van der Waals surface area contributed by atoms with Crippen LogP contribution in [0, 0.1) is 26.6 Å². The number of rotatable bonds is 4. The third-order valence-electron chi connectivity index (χ3n) is 3.94. The predicted molar refractivity (Wildman–Crippen MR) is 82.8 cm³/mol. The molecule has 1 unspecified atom stereocenters. The molecule has 3 nitrogen and oxygen atoms in total. The summed E-state index contributed by atoms with van der Waals surface area (Å²) in [6.45, 7) is 5.97. The topological polar surface area (TPSA) is 47.3 Å². The maximum atomic E-state index is 13.6. The van der Waals surface area contributed by atoms with Crippen molar-refractivity contribution in [3.05, 3.63) is 64.0 Å². The van der Waals surface area contributed by atoms with Crippen LogP contribution in [0.25, 0.3) is 0 Å². The van der Waals surface area contributed by atoms with Gasteiger partial charge in [0, 0.05) is 5.56 Å². The Labute approximate surface area is 124 Å². The van der Waals surface area contributed by atoms with E-state index in [9.17, 15) is 4.39 Å². The van der Waals surface area contributed by atoms with Crippen LogP contribution in [-0.4, -0.2) is 7.11 Å². The average molecular weight is 288 g/mol. The van der Waals surface area contributed by atoms with Crippen molar-refractivity contribution >= 4 is 0 Å². The molecule has 112 valence electrons. The summed E-state index contributed by atoms with van der Waals surface area (Å²) < 4.78 is 19.1. The van der Waals surface area contributed by atoms with E-state index < -0.39 is 0 Å². The van der Waals surface area contributed by atoms with Gasteiger partial charge in [-0.05, 0) is 55.2 Å². The number of hydrogen-bond acceptors (Lipinski definition) is 3. The van der Waals surface area contributed by atoms with Crippen molar-refractivity contribution in [1.29, 1.82) is 0 Å². The number of nitrogens with two attached hydrogens (primary N) is 1. The molecule has 0 heterocycles. The van der Waals surface area contributed by atoms with Gasteiger partial charge in [-0.25, -0.2) is 9.82 Å².